The second-order valence-corrected chi connectivity index (χ2v) is 2.70. The van der Waals surface area contributed by atoms with E-state index in [2.05, 4.69) is 5.73 Å². The highest BCUT2D eigenvalue weighted by Gasteiger charge is 1.95. The Morgan fingerprint density at radius 1 is 1.44 bits per heavy atom. The number of amides is 1. The Hall–Kier alpha value is -0.770. The van der Waals surface area contributed by atoms with E-state index in [0.717, 1.165) is 0 Å². The van der Waals surface area contributed by atoms with Gasteiger partial charge in [-0.3, -0.25) is 0 Å². The summed E-state index contributed by atoms with van der Waals surface area (Å²) in [7, 11) is 0. The van der Waals surface area contributed by atoms with Crippen LogP contribution in [0.2, 0.25) is 0 Å². The first kappa shape index (κ1) is 11.1. The van der Waals surface area contributed by atoms with Gasteiger partial charge >= 0.3 is 6.09 Å². The van der Waals surface area contributed by atoms with E-state index in [1.54, 1.807) is 0 Å². The van der Waals surface area contributed by atoms with Crippen LogP contribution in [0.5, 0.6) is 0 Å². The molecule has 0 aromatic heterocycles. The van der Waals surface area contributed by atoms with Crippen LogP contribution in [0.4, 0.5) is 4.79 Å². The van der Waals surface area contributed by atoms with Crippen LogP contribution in [0.15, 0.2) is 0 Å². The number of hydrogen-bond acceptors (Lipinski definition) is 2. The van der Waals surface area contributed by atoms with Crippen molar-refractivity contribution in [1.82, 2.24) is 0 Å². The molecule has 0 aromatic rings. The zero-order chi connectivity index (χ0) is 8.08. The van der Waals surface area contributed by atoms with Gasteiger partial charge in [0.05, 0.1) is 0 Å². The first-order chi connectivity index (χ1) is 3.73. The fraction of sp³-hybridized carbons (Fsp3) is 0.800. The van der Waals surface area contributed by atoms with Gasteiger partial charge in [-0.2, -0.15) is 0 Å². The normalized spacial score (nSPS) is 9.33. The van der Waals surface area contributed by atoms with Crippen LogP contribution in [-0.4, -0.2) is 16.7 Å². The summed E-state index contributed by atoms with van der Waals surface area (Å²) in [5, 5.41) is 7.19. The third kappa shape index (κ3) is 334. The van der Waals surface area contributed by atoms with Crippen LogP contribution in [-0.2, 0) is 0 Å². The number of hydrogen-bond donors (Lipinski definition) is 3. The van der Waals surface area contributed by atoms with Crippen LogP contribution < -0.4 is 11.5 Å². The summed E-state index contributed by atoms with van der Waals surface area (Å²) >= 11 is 0. The van der Waals surface area contributed by atoms with E-state index in [-0.39, 0.29) is 5.54 Å². The predicted octanol–water partition coefficient (Wildman–Crippen LogP) is 0.367. The Morgan fingerprint density at radius 2 is 1.44 bits per heavy atom. The third-order valence-electron chi connectivity index (χ3n) is 0. The van der Waals surface area contributed by atoms with E-state index < -0.39 is 6.09 Å². The van der Waals surface area contributed by atoms with Crippen LogP contribution in [0.25, 0.3) is 0 Å². The average Bonchev–Trinajstić information content (AvgIpc) is 1.19. The second kappa shape index (κ2) is 4.14. The molecule has 4 nitrogen and oxygen atoms in total. The Kier molecular flexibility index (Phi) is 5.10. The fourth-order valence-electron chi connectivity index (χ4n) is 0. The van der Waals surface area contributed by atoms with Crippen molar-refractivity contribution < 1.29 is 9.90 Å². The van der Waals surface area contributed by atoms with Crippen molar-refractivity contribution in [1.29, 1.82) is 0 Å². The van der Waals surface area contributed by atoms with Gasteiger partial charge in [-0.1, -0.05) is 0 Å². The van der Waals surface area contributed by atoms with Crippen molar-refractivity contribution in [3.8, 4) is 0 Å². The molecule has 0 bridgehead atoms. The topological polar surface area (TPSA) is 89.3 Å². The monoisotopic (exact) mass is 134 g/mol. The number of carbonyl (C=O) groups is 1. The smallest absolute Gasteiger partial charge is 0.402 e. The maximum atomic E-state index is 8.78. The molecule has 0 saturated heterocycles. The van der Waals surface area contributed by atoms with E-state index in [4.69, 9.17) is 15.6 Å². The van der Waals surface area contributed by atoms with Crippen LogP contribution in [0.1, 0.15) is 20.8 Å². The standard InChI is InChI=1S/C4H11N.CH3NO2/c1-4(2,3)5;2-1(3)4/h5H2,1-3H3;2H2,(H,3,4). The van der Waals surface area contributed by atoms with E-state index >= 15 is 0 Å². The Bertz CT molecular complexity index is 75.4. The predicted molar refractivity (Wildman–Crippen MR) is 36.2 cm³/mol. The molecule has 0 aromatic carbocycles. The highest BCUT2D eigenvalue weighted by molar-refractivity contribution is 5.61. The minimum atomic E-state index is -1.33. The lowest BCUT2D eigenvalue weighted by atomic mass is 10.1. The maximum absolute atomic E-state index is 8.78. The van der Waals surface area contributed by atoms with Crippen LogP contribution in [0, 0.1) is 0 Å². The maximum Gasteiger partial charge on any atom is 0.402 e. The van der Waals surface area contributed by atoms with Gasteiger partial charge in [0.1, 0.15) is 0 Å². The van der Waals surface area contributed by atoms with Gasteiger partial charge in [-0.05, 0) is 20.8 Å². The number of primary amides is 1. The Labute approximate surface area is 54.8 Å². The molecule has 0 aliphatic heterocycles. The highest BCUT2D eigenvalue weighted by atomic mass is 16.4. The average molecular weight is 134 g/mol. The third-order valence-corrected chi connectivity index (χ3v) is 0. The van der Waals surface area contributed by atoms with Gasteiger partial charge < -0.3 is 16.6 Å². The largest absolute Gasteiger partial charge is 0.465 e. The van der Waals surface area contributed by atoms with Crippen LogP contribution >= 0.6 is 0 Å². The lowest BCUT2D eigenvalue weighted by Crippen LogP contribution is -2.26. The van der Waals surface area contributed by atoms with Crippen molar-refractivity contribution in [2.45, 2.75) is 26.3 Å². The molecule has 0 fully saturated rings. The molecule has 0 aliphatic rings. The summed E-state index contributed by atoms with van der Waals surface area (Å²) in [5.41, 5.74) is 9.38. The van der Waals surface area contributed by atoms with E-state index in [0.29, 0.717) is 0 Å². The van der Waals surface area contributed by atoms with Crippen molar-refractivity contribution in [2.24, 2.45) is 11.5 Å². The molecular formula is C5H14N2O2. The number of rotatable bonds is 0. The lowest BCUT2D eigenvalue weighted by molar-refractivity contribution is 0.205. The molecule has 0 atom stereocenters. The molecule has 56 valence electrons. The molecule has 9 heavy (non-hydrogen) atoms. The summed E-state index contributed by atoms with van der Waals surface area (Å²) in [5.74, 6) is 0. The van der Waals surface area contributed by atoms with Gasteiger partial charge in [-0.15, -0.1) is 0 Å². The Balaban J connectivity index is 0. The van der Waals surface area contributed by atoms with Gasteiger partial charge in [0.2, 0.25) is 0 Å². The van der Waals surface area contributed by atoms with Crippen molar-refractivity contribution in [3.05, 3.63) is 0 Å². The number of carboxylic acid groups (broad SMARTS) is 1. The Morgan fingerprint density at radius 3 is 1.44 bits per heavy atom. The van der Waals surface area contributed by atoms with Crippen LogP contribution in [0.3, 0.4) is 0 Å². The SMILES string of the molecule is CC(C)(C)N.NC(=O)O. The zero-order valence-corrected chi connectivity index (χ0v) is 6.01. The molecule has 0 heterocycles. The molecule has 0 aliphatic carbocycles. The first-order valence-corrected chi connectivity index (χ1v) is 2.51. The molecule has 0 saturated carbocycles. The lowest BCUT2D eigenvalue weighted by Gasteiger charge is -2.06. The van der Waals surface area contributed by atoms with E-state index in [1.807, 2.05) is 20.8 Å². The molecule has 1 amide bonds. The van der Waals surface area contributed by atoms with Crippen molar-refractivity contribution >= 4 is 6.09 Å². The summed E-state index contributed by atoms with van der Waals surface area (Å²) in [4.78, 5) is 8.78. The molecule has 0 unspecified atom stereocenters. The quantitative estimate of drug-likeness (QED) is 0.447. The van der Waals surface area contributed by atoms with Gasteiger partial charge in [0.15, 0.2) is 0 Å². The minimum absolute atomic E-state index is 0. The van der Waals surface area contributed by atoms with Gasteiger partial charge in [-0.25, -0.2) is 4.79 Å². The molecule has 5 N–H and O–H groups in total. The molecule has 0 spiro atoms. The molecule has 0 radical (unpaired) electrons. The highest BCUT2D eigenvalue weighted by Crippen LogP contribution is 1.88. The minimum Gasteiger partial charge on any atom is -0.465 e. The molecular weight excluding hydrogens is 120 g/mol. The van der Waals surface area contributed by atoms with Gasteiger partial charge in [0, 0.05) is 5.54 Å². The van der Waals surface area contributed by atoms with Crippen molar-refractivity contribution in [2.75, 3.05) is 0 Å². The van der Waals surface area contributed by atoms with E-state index in [9.17, 15) is 0 Å². The van der Waals surface area contributed by atoms with Gasteiger partial charge in [0.25, 0.3) is 0 Å². The summed E-state index contributed by atoms with van der Waals surface area (Å²) in [6, 6.07) is 0. The molecule has 4 heteroatoms. The molecule has 0 rings (SSSR count). The zero-order valence-electron chi connectivity index (χ0n) is 6.01. The summed E-state index contributed by atoms with van der Waals surface area (Å²) < 4.78 is 0. The van der Waals surface area contributed by atoms with E-state index in [1.165, 1.54) is 0 Å². The second-order valence-electron chi connectivity index (χ2n) is 2.70. The van der Waals surface area contributed by atoms with Crippen molar-refractivity contribution in [3.63, 3.8) is 0 Å². The summed E-state index contributed by atoms with van der Waals surface area (Å²) in [6.45, 7) is 5.90. The summed E-state index contributed by atoms with van der Waals surface area (Å²) in [6.07, 6.45) is -1.33. The fourth-order valence-corrected chi connectivity index (χ4v) is 0. The number of nitrogens with two attached hydrogens (primary N) is 2. The first-order valence-electron chi connectivity index (χ1n) is 2.51.